The topological polar surface area (TPSA) is 78.0 Å². The van der Waals surface area contributed by atoms with Gasteiger partial charge in [0.15, 0.2) is 0 Å². The minimum absolute atomic E-state index is 0.0188. The van der Waals surface area contributed by atoms with Crippen LogP contribution < -0.4 is 5.32 Å². The van der Waals surface area contributed by atoms with E-state index in [1.165, 1.54) is 12.3 Å². The number of H-pyrrole nitrogens is 1. The van der Waals surface area contributed by atoms with Gasteiger partial charge in [0.25, 0.3) is 5.91 Å². The van der Waals surface area contributed by atoms with Crippen LogP contribution in [0.15, 0.2) is 24.4 Å². The Labute approximate surface area is 132 Å². The average molecular weight is 323 g/mol. The van der Waals surface area contributed by atoms with Gasteiger partial charge in [-0.05, 0) is 18.1 Å². The van der Waals surface area contributed by atoms with Gasteiger partial charge in [-0.1, -0.05) is 26.3 Å². The molecule has 5 nitrogen and oxygen atoms in total. The third-order valence-corrected chi connectivity index (χ3v) is 3.87. The number of carbonyl (C=O) groups excluding carboxylic acids is 1. The van der Waals surface area contributed by atoms with Crippen LogP contribution in [0.3, 0.4) is 0 Å². The van der Waals surface area contributed by atoms with Gasteiger partial charge in [0.1, 0.15) is 11.6 Å². The number of carbonyl (C=O) groups is 1. The molecule has 1 aromatic heterocycles. The summed E-state index contributed by atoms with van der Waals surface area (Å²) in [5.74, 6) is -2.10. The van der Waals surface area contributed by atoms with E-state index >= 15 is 0 Å². The monoisotopic (exact) mass is 323 g/mol. The summed E-state index contributed by atoms with van der Waals surface area (Å²) < 4.78 is 27.7. The second-order valence-electron chi connectivity index (χ2n) is 5.42. The van der Waals surface area contributed by atoms with Crippen molar-refractivity contribution < 1.29 is 18.7 Å². The van der Waals surface area contributed by atoms with E-state index in [1.807, 2.05) is 13.8 Å². The van der Waals surface area contributed by atoms with Crippen molar-refractivity contribution in [3.8, 4) is 11.3 Å². The van der Waals surface area contributed by atoms with Gasteiger partial charge < -0.3 is 10.4 Å². The Morgan fingerprint density at radius 2 is 2.04 bits per heavy atom. The normalized spacial score (nSPS) is 13.6. The fraction of sp³-hybridized carbons (Fsp3) is 0.375. The number of nitrogens with one attached hydrogen (secondary N) is 2. The van der Waals surface area contributed by atoms with Gasteiger partial charge in [-0.15, -0.1) is 0 Å². The Kier molecular flexibility index (Phi) is 5.44. The van der Waals surface area contributed by atoms with E-state index in [0.717, 1.165) is 18.6 Å². The van der Waals surface area contributed by atoms with Crippen molar-refractivity contribution >= 4 is 5.91 Å². The fourth-order valence-corrected chi connectivity index (χ4v) is 2.15. The van der Waals surface area contributed by atoms with E-state index in [1.54, 1.807) is 0 Å². The number of benzene rings is 1. The van der Waals surface area contributed by atoms with Crippen molar-refractivity contribution in [2.75, 3.05) is 6.54 Å². The summed E-state index contributed by atoms with van der Waals surface area (Å²) in [5.41, 5.74) is -0.348. The third-order valence-electron chi connectivity index (χ3n) is 3.87. The molecule has 1 aromatic carbocycles. The van der Waals surface area contributed by atoms with Crippen molar-refractivity contribution in [3.63, 3.8) is 0 Å². The predicted octanol–water partition coefficient (Wildman–Crippen LogP) is 2.49. The summed E-state index contributed by atoms with van der Waals surface area (Å²) in [6.07, 6.45) is 1.28. The standard InChI is InChI=1S/C16H19F2N3O2/c1-3-9(2)13(22)8-19-16(23)10-7-20-21-15(10)14-11(17)5-4-6-12(14)18/h4-7,9,13,22H,3,8H2,1-2H3,(H,19,23)(H,20,21). The first-order valence-corrected chi connectivity index (χ1v) is 7.39. The molecule has 2 unspecified atom stereocenters. The molecule has 3 N–H and O–H groups in total. The van der Waals surface area contributed by atoms with Gasteiger partial charge in [0.2, 0.25) is 0 Å². The molecule has 0 bridgehead atoms. The maximum Gasteiger partial charge on any atom is 0.255 e. The van der Waals surface area contributed by atoms with Crippen LogP contribution >= 0.6 is 0 Å². The molecule has 2 aromatic rings. The van der Waals surface area contributed by atoms with Crippen LogP contribution in [0.25, 0.3) is 11.3 Å². The second-order valence-corrected chi connectivity index (χ2v) is 5.42. The Balaban J connectivity index is 2.20. The summed E-state index contributed by atoms with van der Waals surface area (Å²) in [5, 5.41) is 18.6. The van der Waals surface area contributed by atoms with Crippen molar-refractivity contribution in [1.29, 1.82) is 0 Å². The van der Waals surface area contributed by atoms with Crippen molar-refractivity contribution in [2.24, 2.45) is 5.92 Å². The maximum absolute atomic E-state index is 13.9. The van der Waals surface area contributed by atoms with Gasteiger partial charge >= 0.3 is 0 Å². The molecule has 0 aliphatic heterocycles. The van der Waals surface area contributed by atoms with Crippen LogP contribution in [-0.4, -0.2) is 33.9 Å². The van der Waals surface area contributed by atoms with Crippen molar-refractivity contribution in [1.82, 2.24) is 15.5 Å². The number of aromatic nitrogens is 2. The number of nitrogens with zero attached hydrogens (tertiary/aromatic N) is 1. The highest BCUT2D eigenvalue weighted by molar-refractivity contribution is 5.99. The number of aromatic amines is 1. The minimum Gasteiger partial charge on any atom is -0.391 e. The molecule has 0 radical (unpaired) electrons. The molecule has 0 fully saturated rings. The summed E-state index contributed by atoms with van der Waals surface area (Å²) >= 11 is 0. The van der Waals surface area contributed by atoms with E-state index in [0.29, 0.717) is 0 Å². The number of aliphatic hydroxyl groups excluding tert-OH is 1. The molecule has 124 valence electrons. The zero-order valence-corrected chi connectivity index (χ0v) is 12.9. The number of amides is 1. The Morgan fingerprint density at radius 3 is 2.65 bits per heavy atom. The SMILES string of the molecule is CCC(C)C(O)CNC(=O)c1cn[nH]c1-c1c(F)cccc1F. The van der Waals surface area contributed by atoms with Gasteiger partial charge in [0, 0.05) is 6.54 Å². The molecule has 0 aliphatic rings. The summed E-state index contributed by atoms with van der Waals surface area (Å²) in [7, 11) is 0. The second kappa shape index (κ2) is 7.32. The molecule has 2 atom stereocenters. The lowest BCUT2D eigenvalue weighted by Gasteiger charge is -2.17. The van der Waals surface area contributed by atoms with Crippen LogP contribution in [0.1, 0.15) is 30.6 Å². The van der Waals surface area contributed by atoms with E-state index in [2.05, 4.69) is 15.5 Å². The summed E-state index contributed by atoms with van der Waals surface area (Å²) in [4.78, 5) is 12.2. The van der Waals surface area contributed by atoms with Crippen LogP contribution in [0.5, 0.6) is 0 Å². The average Bonchev–Trinajstić information content (AvgIpc) is 3.00. The van der Waals surface area contributed by atoms with Gasteiger partial charge in [-0.2, -0.15) is 5.10 Å². The van der Waals surface area contributed by atoms with Crippen molar-refractivity contribution in [2.45, 2.75) is 26.4 Å². The molecule has 23 heavy (non-hydrogen) atoms. The van der Waals surface area contributed by atoms with E-state index in [9.17, 15) is 18.7 Å². The summed E-state index contributed by atoms with van der Waals surface area (Å²) in [6.45, 7) is 3.86. The largest absolute Gasteiger partial charge is 0.391 e. The van der Waals surface area contributed by atoms with E-state index < -0.39 is 23.6 Å². The van der Waals surface area contributed by atoms with Crippen molar-refractivity contribution in [3.05, 3.63) is 41.6 Å². The molecule has 1 amide bonds. The van der Waals surface area contributed by atoms with E-state index in [-0.39, 0.29) is 29.3 Å². The van der Waals surface area contributed by atoms with E-state index in [4.69, 9.17) is 0 Å². The molecule has 1 heterocycles. The molecule has 0 spiro atoms. The maximum atomic E-state index is 13.9. The molecule has 0 aliphatic carbocycles. The number of aliphatic hydroxyl groups is 1. The van der Waals surface area contributed by atoms with Crippen LogP contribution in [0.2, 0.25) is 0 Å². The number of rotatable bonds is 6. The lowest BCUT2D eigenvalue weighted by atomic mass is 10.0. The zero-order valence-electron chi connectivity index (χ0n) is 12.9. The van der Waals surface area contributed by atoms with Gasteiger partial charge in [-0.25, -0.2) is 8.78 Å². The lowest BCUT2D eigenvalue weighted by molar-refractivity contribution is 0.0851. The van der Waals surface area contributed by atoms with Crippen LogP contribution in [0, 0.1) is 17.6 Å². The molecular weight excluding hydrogens is 304 g/mol. The van der Waals surface area contributed by atoms with Gasteiger partial charge in [-0.3, -0.25) is 9.89 Å². The number of hydrogen-bond donors (Lipinski definition) is 3. The lowest BCUT2D eigenvalue weighted by Crippen LogP contribution is -2.35. The highest BCUT2D eigenvalue weighted by Crippen LogP contribution is 2.27. The molecule has 0 saturated heterocycles. The predicted molar refractivity (Wildman–Crippen MR) is 81.7 cm³/mol. The minimum atomic E-state index is -0.789. The molecular formula is C16H19F2N3O2. The molecule has 2 rings (SSSR count). The summed E-state index contributed by atoms with van der Waals surface area (Å²) in [6, 6.07) is 3.45. The quantitative estimate of drug-likeness (QED) is 0.764. The number of halogens is 2. The molecule has 7 heteroatoms. The molecule has 0 saturated carbocycles. The number of hydrogen-bond acceptors (Lipinski definition) is 3. The Bertz CT molecular complexity index is 667. The first-order chi connectivity index (χ1) is 11.0. The Hall–Kier alpha value is -2.28. The van der Waals surface area contributed by atoms with Crippen LogP contribution in [-0.2, 0) is 0 Å². The smallest absolute Gasteiger partial charge is 0.255 e. The zero-order chi connectivity index (χ0) is 17.0. The highest BCUT2D eigenvalue weighted by Gasteiger charge is 2.22. The van der Waals surface area contributed by atoms with Gasteiger partial charge in [0.05, 0.1) is 29.1 Å². The third kappa shape index (κ3) is 3.73. The first kappa shape index (κ1) is 17.1. The fourth-order valence-electron chi connectivity index (χ4n) is 2.15. The van der Waals surface area contributed by atoms with Crippen LogP contribution in [0.4, 0.5) is 8.78 Å². The Morgan fingerprint density at radius 1 is 1.39 bits per heavy atom. The highest BCUT2D eigenvalue weighted by atomic mass is 19.1. The first-order valence-electron chi connectivity index (χ1n) is 7.39.